The quantitative estimate of drug-likeness (QED) is 0.0263. The molecule has 0 N–H and O–H groups in total. The zero-order chi connectivity index (χ0) is 44.4. The van der Waals surface area contributed by atoms with Gasteiger partial charge < -0.3 is 14.2 Å². The molecule has 0 aromatic carbocycles. The third-order valence-corrected chi connectivity index (χ3v) is 10.4. The highest BCUT2D eigenvalue weighted by molar-refractivity contribution is 5.71. The largest absolute Gasteiger partial charge is 0.462 e. The van der Waals surface area contributed by atoms with Crippen molar-refractivity contribution in [3.63, 3.8) is 0 Å². The van der Waals surface area contributed by atoms with E-state index in [2.05, 4.69) is 99.8 Å². The highest BCUT2D eigenvalue weighted by atomic mass is 16.6. The molecule has 6 nitrogen and oxygen atoms in total. The molecule has 348 valence electrons. The van der Waals surface area contributed by atoms with Gasteiger partial charge in [-0.1, -0.05) is 209 Å². The summed E-state index contributed by atoms with van der Waals surface area (Å²) in [5, 5.41) is 0. The summed E-state index contributed by atoms with van der Waals surface area (Å²) < 4.78 is 16.7. The van der Waals surface area contributed by atoms with Crippen molar-refractivity contribution in [2.45, 2.75) is 232 Å². The first-order valence-electron chi connectivity index (χ1n) is 25.1. The van der Waals surface area contributed by atoms with Crippen molar-refractivity contribution in [1.29, 1.82) is 0 Å². The molecule has 0 heterocycles. The van der Waals surface area contributed by atoms with Crippen LogP contribution in [0.15, 0.2) is 85.1 Å². The summed E-state index contributed by atoms with van der Waals surface area (Å²) in [7, 11) is 0. The fourth-order valence-corrected chi connectivity index (χ4v) is 6.64. The van der Waals surface area contributed by atoms with Crippen LogP contribution in [0.1, 0.15) is 226 Å². The minimum atomic E-state index is -0.808. The molecule has 0 fully saturated rings. The van der Waals surface area contributed by atoms with Crippen molar-refractivity contribution in [3.05, 3.63) is 85.1 Å². The molecule has 0 saturated carbocycles. The Hall–Kier alpha value is -3.41. The minimum absolute atomic E-state index is 0.102. The summed E-state index contributed by atoms with van der Waals surface area (Å²) in [6, 6.07) is 0. The first kappa shape index (κ1) is 57.6. The van der Waals surface area contributed by atoms with Crippen LogP contribution in [0.2, 0.25) is 0 Å². The van der Waals surface area contributed by atoms with E-state index < -0.39 is 6.10 Å². The Balaban J connectivity index is 4.49. The lowest BCUT2D eigenvalue weighted by Gasteiger charge is -2.18. The number of allylic oxidation sites excluding steroid dienone is 14. The molecule has 0 saturated heterocycles. The number of rotatable bonds is 44. The minimum Gasteiger partial charge on any atom is -0.462 e. The first-order chi connectivity index (χ1) is 30.0. The summed E-state index contributed by atoms with van der Waals surface area (Å²) >= 11 is 0. The van der Waals surface area contributed by atoms with Gasteiger partial charge in [0.05, 0.1) is 0 Å². The molecule has 0 amide bonds. The fourth-order valence-electron chi connectivity index (χ4n) is 6.64. The zero-order valence-electron chi connectivity index (χ0n) is 39.7. The maximum atomic E-state index is 12.8. The second kappa shape index (κ2) is 49.2. The number of unbranched alkanes of at least 4 members (excludes halogenated alkanes) is 19. The van der Waals surface area contributed by atoms with Gasteiger partial charge in [0.2, 0.25) is 0 Å². The summed E-state index contributed by atoms with van der Waals surface area (Å²) in [6.07, 6.45) is 62.9. The zero-order valence-corrected chi connectivity index (χ0v) is 39.7. The van der Waals surface area contributed by atoms with Crippen molar-refractivity contribution < 1.29 is 28.6 Å². The Labute approximate surface area is 375 Å². The highest BCUT2D eigenvalue weighted by Crippen LogP contribution is 2.14. The maximum Gasteiger partial charge on any atom is 0.306 e. The number of carbonyl (C=O) groups is 3. The van der Waals surface area contributed by atoms with Gasteiger partial charge in [-0.3, -0.25) is 14.4 Å². The van der Waals surface area contributed by atoms with Crippen LogP contribution in [0.4, 0.5) is 0 Å². The molecule has 0 aromatic heterocycles. The predicted octanol–water partition coefficient (Wildman–Crippen LogP) is 16.4. The molecular formula is C55H92O6. The van der Waals surface area contributed by atoms with E-state index in [0.29, 0.717) is 19.3 Å². The van der Waals surface area contributed by atoms with Crippen molar-refractivity contribution in [1.82, 2.24) is 0 Å². The lowest BCUT2D eigenvalue weighted by Crippen LogP contribution is -2.30. The number of hydrogen-bond donors (Lipinski definition) is 0. The molecule has 0 radical (unpaired) electrons. The van der Waals surface area contributed by atoms with Gasteiger partial charge in [-0.2, -0.15) is 0 Å². The number of carbonyl (C=O) groups excluding carboxylic acids is 3. The molecule has 0 aromatic rings. The van der Waals surface area contributed by atoms with Crippen LogP contribution in [0.3, 0.4) is 0 Å². The van der Waals surface area contributed by atoms with Crippen molar-refractivity contribution in [2.75, 3.05) is 13.2 Å². The molecule has 0 aliphatic heterocycles. The van der Waals surface area contributed by atoms with E-state index >= 15 is 0 Å². The fraction of sp³-hybridized carbons (Fsp3) is 0.691. The second-order valence-corrected chi connectivity index (χ2v) is 16.3. The molecule has 6 heteroatoms. The third kappa shape index (κ3) is 47.5. The van der Waals surface area contributed by atoms with E-state index in [1.54, 1.807) is 0 Å². The van der Waals surface area contributed by atoms with Crippen LogP contribution in [0, 0.1) is 0 Å². The Kier molecular flexibility index (Phi) is 46.5. The van der Waals surface area contributed by atoms with Gasteiger partial charge in [0.1, 0.15) is 13.2 Å². The smallest absolute Gasteiger partial charge is 0.306 e. The van der Waals surface area contributed by atoms with Crippen LogP contribution < -0.4 is 0 Å². The number of esters is 3. The highest BCUT2D eigenvalue weighted by Gasteiger charge is 2.19. The Morgan fingerprint density at radius 1 is 0.344 bits per heavy atom. The SMILES string of the molecule is CC/C=C\C/C=C\C/C=C\C/C=C\C/C=C\C/C=C\CCC(=O)OC[C@@H](COC(=O)CCCCCCCCCCCCC)OC(=O)CCCCCCC/C=C\CCCCCC. The Morgan fingerprint density at radius 2 is 0.672 bits per heavy atom. The standard InChI is InChI=1S/C55H92O6/c1-4-7-10-13-16-19-22-24-25-26-27-28-29-31-33-36-39-42-45-48-54(57)60-51-52(50-59-53(56)47-44-41-38-35-32-21-18-15-12-9-6-3)61-55(58)49-46-43-40-37-34-30-23-20-17-14-11-8-5-2/h7,10,16,19-20,23-25,27-28,31,33,39,42,52H,4-6,8-9,11-15,17-18,21-22,26,29-30,32,34-38,40-41,43-51H2,1-3H3/b10-7-,19-16-,23-20-,25-24-,28-27-,33-31-,42-39-/t52-/m1/s1. The Bertz CT molecular complexity index is 1200. The molecule has 0 aliphatic carbocycles. The summed E-state index contributed by atoms with van der Waals surface area (Å²) in [5.74, 6) is -1.00. The van der Waals surface area contributed by atoms with Crippen LogP contribution >= 0.6 is 0 Å². The van der Waals surface area contributed by atoms with E-state index in [-0.39, 0.29) is 37.5 Å². The van der Waals surface area contributed by atoms with Gasteiger partial charge in [-0.05, 0) is 83.5 Å². The number of ether oxygens (including phenoxy) is 3. The van der Waals surface area contributed by atoms with Gasteiger partial charge in [0.25, 0.3) is 0 Å². The van der Waals surface area contributed by atoms with Crippen LogP contribution in [-0.2, 0) is 28.6 Å². The molecule has 0 unspecified atom stereocenters. The van der Waals surface area contributed by atoms with Crippen molar-refractivity contribution in [3.8, 4) is 0 Å². The topological polar surface area (TPSA) is 78.9 Å². The predicted molar refractivity (Wildman–Crippen MR) is 261 cm³/mol. The summed E-state index contributed by atoms with van der Waals surface area (Å²) in [5.41, 5.74) is 0. The maximum absolute atomic E-state index is 12.8. The van der Waals surface area contributed by atoms with Gasteiger partial charge in [-0.25, -0.2) is 0 Å². The van der Waals surface area contributed by atoms with Gasteiger partial charge in [-0.15, -0.1) is 0 Å². The third-order valence-electron chi connectivity index (χ3n) is 10.4. The first-order valence-corrected chi connectivity index (χ1v) is 25.1. The molecular weight excluding hydrogens is 757 g/mol. The second-order valence-electron chi connectivity index (χ2n) is 16.3. The summed E-state index contributed by atoms with van der Waals surface area (Å²) in [6.45, 7) is 6.42. The molecule has 0 spiro atoms. The van der Waals surface area contributed by atoms with Crippen LogP contribution in [0.25, 0.3) is 0 Å². The average Bonchev–Trinajstić information content (AvgIpc) is 3.26. The molecule has 1 atom stereocenters. The molecule has 0 aliphatic rings. The lowest BCUT2D eigenvalue weighted by molar-refractivity contribution is -0.166. The monoisotopic (exact) mass is 849 g/mol. The van der Waals surface area contributed by atoms with Gasteiger partial charge in [0, 0.05) is 19.3 Å². The van der Waals surface area contributed by atoms with E-state index in [1.165, 1.54) is 89.9 Å². The van der Waals surface area contributed by atoms with E-state index in [4.69, 9.17) is 14.2 Å². The van der Waals surface area contributed by atoms with Crippen LogP contribution in [-0.4, -0.2) is 37.2 Å². The normalized spacial score (nSPS) is 12.8. The van der Waals surface area contributed by atoms with Gasteiger partial charge in [0.15, 0.2) is 6.10 Å². The van der Waals surface area contributed by atoms with E-state index in [9.17, 15) is 14.4 Å². The van der Waals surface area contributed by atoms with Crippen molar-refractivity contribution >= 4 is 17.9 Å². The lowest BCUT2D eigenvalue weighted by atomic mass is 10.1. The van der Waals surface area contributed by atoms with Crippen molar-refractivity contribution in [2.24, 2.45) is 0 Å². The molecule has 0 bridgehead atoms. The molecule has 61 heavy (non-hydrogen) atoms. The van der Waals surface area contributed by atoms with Gasteiger partial charge >= 0.3 is 17.9 Å². The molecule has 0 rings (SSSR count). The van der Waals surface area contributed by atoms with Crippen LogP contribution in [0.5, 0.6) is 0 Å². The average molecular weight is 849 g/mol. The van der Waals surface area contributed by atoms with E-state index in [1.807, 2.05) is 6.08 Å². The van der Waals surface area contributed by atoms with E-state index in [0.717, 1.165) is 89.9 Å². The Morgan fingerprint density at radius 3 is 1.11 bits per heavy atom. The number of hydrogen-bond acceptors (Lipinski definition) is 6. The summed E-state index contributed by atoms with van der Waals surface area (Å²) in [4.78, 5) is 37.8.